The summed E-state index contributed by atoms with van der Waals surface area (Å²) in [4.78, 5) is 37.0. The first-order valence-corrected chi connectivity index (χ1v) is 12.6. The molecule has 1 aliphatic rings. The summed E-state index contributed by atoms with van der Waals surface area (Å²) < 4.78 is 12.4. The molecule has 1 aromatic carbocycles. The maximum Gasteiger partial charge on any atom is 0.306 e. The molecular formula is C27H32N6O6. The number of nitrogens with zero attached hydrogens (tertiary/aromatic N) is 4. The molecule has 12 nitrogen and oxygen atoms in total. The van der Waals surface area contributed by atoms with Gasteiger partial charge in [0.25, 0.3) is 5.91 Å². The molecule has 3 aromatic rings. The highest BCUT2D eigenvalue weighted by molar-refractivity contribution is 5.83. The van der Waals surface area contributed by atoms with Crippen molar-refractivity contribution in [1.29, 1.82) is 0 Å². The lowest BCUT2D eigenvalue weighted by Gasteiger charge is -2.19. The van der Waals surface area contributed by atoms with Crippen molar-refractivity contribution in [2.75, 3.05) is 12.3 Å². The Bertz CT molecular complexity index is 1420. The fraction of sp³-hybridized carbons (Fsp3) is 0.444. The van der Waals surface area contributed by atoms with E-state index < -0.39 is 36.0 Å². The number of amides is 1. The number of aliphatic hydroxyl groups excluding tert-OH is 2. The number of esters is 1. The van der Waals surface area contributed by atoms with E-state index in [0.29, 0.717) is 18.5 Å². The number of aliphatic hydroxyl groups is 2. The van der Waals surface area contributed by atoms with E-state index in [2.05, 4.69) is 32.1 Å². The third-order valence-electron chi connectivity index (χ3n) is 5.88. The summed E-state index contributed by atoms with van der Waals surface area (Å²) in [5.41, 5.74) is 7.74. The molecule has 4 atom stereocenters. The fourth-order valence-corrected chi connectivity index (χ4v) is 4.08. The number of nitrogens with one attached hydrogen (secondary N) is 1. The minimum absolute atomic E-state index is 0.0776. The van der Waals surface area contributed by atoms with Crippen molar-refractivity contribution in [3.8, 4) is 11.8 Å². The van der Waals surface area contributed by atoms with Crippen molar-refractivity contribution in [1.82, 2.24) is 24.8 Å². The van der Waals surface area contributed by atoms with Gasteiger partial charge in [-0.3, -0.25) is 14.2 Å². The lowest BCUT2D eigenvalue weighted by molar-refractivity contribution is -0.154. The zero-order valence-electron chi connectivity index (χ0n) is 22.2. The SMILES string of the molecule is CCNC(=O)[C@H]1OC(n2cnc3c(N)nc(C#Cc4ccc(CCC(=O)OC(C)(C)C)cc4)nc32)[C@H](O)[C@@H]1O. The normalized spacial score (nSPS) is 20.9. The predicted octanol–water partition coefficient (Wildman–Crippen LogP) is 0.838. The minimum atomic E-state index is -1.44. The number of likely N-dealkylation sites (N-methyl/N-ethyl adjacent to an activating group) is 1. The summed E-state index contributed by atoms with van der Waals surface area (Å²) in [7, 11) is 0. The number of anilines is 1. The second kappa shape index (κ2) is 11.4. The van der Waals surface area contributed by atoms with E-state index in [-0.39, 0.29) is 35.2 Å². The van der Waals surface area contributed by atoms with Crippen molar-refractivity contribution >= 4 is 28.9 Å². The van der Waals surface area contributed by atoms with Gasteiger partial charge in [0.1, 0.15) is 23.3 Å². The van der Waals surface area contributed by atoms with Crippen molar-refractivity contribution < 1.29 is 29.3 Å². The number of rotatable bonds is 6. The number of aryl methyl sites for hydroxylation is 1. The van der Waals surface area contributed by atoms with Crippen LogP contribution < -0.4 is 11.1 Å². The van der Waals surface area contributed by atoms with Gasteiger partial charge in [0.05, 0.1) is 6.33 Å². The van der Waals surface area contributed by atoms with Crippen LogP contribution in [0.1, 0.15) is 57.3 Å². The molecule has 0 aliphatic carbocycles. The van der Waals surface area contributed by atoms with E-state index in [4.69, 9.17) is 15.2 Å². The Kier molecular flexibility index (Phi) is 8.15. The van der Waals surface area contributed by atoms with Crippen molar-refractivity contribution in [3.63, 3.8) is 0 Å². The van der Waals surface area contributed by atoms with Gasteiger partial charge in [-0.05, 0) is 57.7 Å². The summed E-state index contributed by atoms with van der Waals surface area (Å²) in [5, 5.41) is 23.5. The Labute approximate surface area is 225 Å². The van der Waals surface area contributed by atoms with E-state index in [0.717, 1.165) is 5.56 Å². The molecule has 1 amide bonds. The number of benzene rings is 1. The average Bonchev–Trinajstić information content (AvgIpc) is 3.42. The molecule has 0 radical (unpaired) electrons. The van der Waals surface area contributed by atoms with Gasteiger partial charge in [0.2, 0.25) is 5.82 Å². The van der Waals surface area contributed by atoms with Gasteiger partial charge in [-0.2, -0.15) is 0 Å². The number of nitrogens with two attached hydrogens (primary N) is 1. The van der Waals surface area contributed by atoms with Crippen LogP contribution in [0.2, 0.25) is 0 Å². The van der Waals surface area contributed by atoms with Crippen molar-refractivity contribution in [2.45, 2.75) is 70.7 Å². The number of carbonyl (C=O) groups is 2. The van der Waals surface area contributed by atoms with Crippen LogP contribution in [-0.4, -0.2) is 72.1 Å². The van der Waals surface area contributed by atoms with E-state index in [1.807, 2.05) is 45.0 Å². The standard InChI is InChI=1S/C27H32N6O6/c1-5-29-25(37)22-20(35)21(36)26(38-22)33-14-30-19-23(28)31-17(32-24(19)33)12-10-15-6-8-16(9-7-15)11-13-18(34)39-27(2,3)4/h6-9,14,20-22,26,35-36H,5,11,13H2,1-4H3,(H,29,37)(H2,28,31,32)/t20-,21+,22-,26?/m0/s1. The van der Waals surface area contributed by atoms with Crippen LogP contribution in [0.15, 0.2) is 30.6 Å². The summed E-state index contributed by atoms with van der Waals surface area (Å²) in [6.45, 7) is 7.59. The molecule has 0 saturated carbocycles. The zero-order chi connectivity index (χ0) is 28.3. The molecular weight excluding hydrogens is 504 g/mol. The number of hydrogen-bond donors (Lipinski definition) is 4. The average molecular weight is 537 g/mol. The molecule has 1 unspecified atom stereocenters. The maximum atomic E-state index is 12.2. The molecule has 1 aliphatic heterocycles. The van der Waals surface area contributed by atoms with Gasteiger partial charge in [-0.1, -0.05) is 18.1 Å². The first kappa shape index (κ1) is 28.0. The highest BCUT2D eigenvalue weighted by atomic mass is 16.6. The van der Waals surface area contributed by atoms with E-state index >= 15 is 0 Å². The maximum absolute atomic E-state index is 12.2. The first-order chi connectivity index (χ1) is 18.5. The van der Waals surface area contributed by atoms with Gasteiger partial charge in [-0.25, -0.2) is 15.0 Å². The third kappa shape index (κ3) is 6.51. The summed E-state index contributed by atoms with van der Waals surface area (Å²) in [6, 6.07) is 7.43. The van der Waals surface area contributed by atoms with E-state index in [1.54, 1.807) is 6.92 Å². The lowest BCUT2D eigenvalue weighted by Crippen LogP contribution is -2.42. The molecule has 1 fully saturated rings. The number of hydrogen-bond acceptors (Lipinski definition) is 10. The van der Waals surface area contributed by atoms with Crippen LogP contribution in [0.4, 0.5) is 5.82 Å². The van der Waals surface area contributed by atoms with E-state index in [1.165, 1.54) is 10.9 Å². The molecule has 2 aromatic heterocycles. The number of carbonyl (C=O) groups excluding carboxylic acids is 2. The van der Waals surface area contributed by atoms with Crippen LogP contribution in [0.25, 0.3) is 11.2 Å². The molecule has 0 bridgehead atoms. The van der Waals surface area contributed by atoms with Gasteiger partial charge < -0.3 is 30.7 Å². The summed E-state index contributed by atoms with van der Waals surface area (Å²) in [5.74, 6) is 5.27. The predicted molar refractivity (Wildman–Crippen MR) is 141 cm³/mol. The molecule has 206 valence electrons. The van der Waals surface area contributed by atoms with Crippen molar-refractivity contribution in [3.05, 3.63) is 47.5 Å². The van der Waals surface area contributed by atoms with Gasteiger partial charge in [0, 0.05) is 18.5 Å². The van der Waals surface area contributed by atoms with Gasteiger partial charge >= 0.3 is 5.97 Å². The number of nitrogen functional groups attached to an aromatic ring is 1. The second-order valence-corrected chi connectivity index (χ2v) is 10.1. The first-order valence-electron chi connectivity index (χ1n) is 12.6. The largest absolute Gasteiger partial charge is 0.460 e. The Hall–Kier alpha value is -4.05. The van der Waals surface area contributed by atoms with Crippen LogP contribution in [0.5, 0.6) is 0 Å². The molecule has 1 saturated heterocycles. The third-order valence-corrected chi connectivity index (χ3v) is 5.88. The number of aromatic nitrogens is 4. The lowest BCUT2D eigenvalue weighted by atomic mass is 10.1. The van der Waals surface area contributed by atoms with Crippen LogP contribution in [0, 0.1) is 11.8 Å². The van der Waals surface area contributed by atoms with Crippen molar-refractivity contribution in [2.24, 2.45) is 0 Å². The van der Waals surface area contributed by atoms with Crippen LogP contribution >= 0.6 is 0 Å². The molecule has 4 rings (SSSR count). The Morgan fingerprint density at radius 2 is 1.87 bits per heavy atom. The van der Waals surface area contributed by atoms with Crippen LogP contribution in [-0.2, 0) is 25.5 Å². The molecule has 5 N–H and O–H groups in total. The highest BCUT2D eigenvalue weighted by Gasteiger charge is 2.47. The van der Waals surface area contributed by atoms with Crippen LogP contribution in [0.3, 0.4) is 0 Å². The Morgan fingerprint density at radius 3 is 2.54 bits per heavy atom. The molecule has 12 heteroatoms. The Morgan fingerprint density at radius 1 is 1.15 bits per heavy atom. The smallest absolute Gasteiger partial charge is 0.306 e. The Balaban J connectivity index is 1.50. The summed E-state index contributed by atoms with van der Waals surface area (Å²) in [6.07, 6.45) is -3.05. The van der Waals surface area contributed by atoms with Gasteiger partial charge in [-0.15, -0.1) is 0 Å². The molecule has 0 spiro atoms. The highest BCUT2D eigenvalue weighted by Crippen LogP contribution is 2.32. The molecule has 39 heavy (non-hydrogen) atoms. The number of fused-ring (bicyclic) bond motifs is 1. The van der Waals surface area contributed by atoms with Gasteiger partial charge in [0.15, 0.2) is 23.8 Å². The minimum Gasteiger partial charge on any atom is -0.460 e. The number of ether oxygens (including phenoxy) is 2. The fourth-order valence-electron chi connectivity index (χ4n) is 4.08. The topological polar surface area (TPSA) is 175 Å². The quantitative estimate of drug-likeness (QED) is 0.261. The monoisotopic (exact) mass is 536 g/mol. The second-order valence-electron chi connectivity index (χ2n) is 10.1. The number of imidazole rings is 1. The zero-order valence-corrected chi connectivity index (χ0v) is 22.2. The molecule has 3 heterocycles. The van der Waals surface area contributed by atoms with E-state index in [9.17, 15) is 19.8 Å². The summed E-state index contributed by atoms with van der Waals surface area (Å²) >= 11 is 0.